The number of rotatable bonds is 7. The molecule has 0 radical (unpaired) electrons. The van der Waals surface area contributed by atoms with E-state index in [0.29, 0.717) is 10.7 Å². The van der Waals surface area contributed by atoms with E-state index >= 15 is 0 Å². The van der Waals surface area contributed by atoms with Crippen molar-refractivity contribution < 1.29 is 13.2 Å². The van der Waals surface area contributed by atoms with Gasteiger partial charge in [0, 0.05) is 15.1 Å². The van der Waals surface area contributed by atoms with Gasteiger partial charge < -0.3 is 5.32 Å². The van der Waals surface area contributed by atoms with E-state index in [0.717, 1.165) is 13.4 Å². The second kappa shape index (κ2) is 9.60. The van der Waals surface area contributed by atoms with Gasteiger partial charge in [0.1, 0.15) is 6.54 Å². The Hall–Kier alpha value is -2.10. The smallest absolute Gasteiger partial charge is 0.264 e. The van der Waals surface area contributed by atoms with Crippen LogP contribution in [0.15, 0.2) is 83.8 Å². The van der Waals surface area contributed by atoms with Crippen molar-refractivity contribution in [1.29, 1.82) is 0 Å². The molecule has 0 aromatic heterocycles. The number of nitrogens with zero attached hydrogens (tertiary/aromatic N) is 1. The van der Waals surface area contributed by atoms with Crippen LogP contribution >= 0.6 is 34.2 Å². The predicted octanol–water partition coefficient (Wildman–Crippen LogP) is 4.46. The summed E-state index contributed by atoms with van der Waals surface area (Å²) in [5.74, 6) is -0.428. The fourth-order valence-electron chi connectivity index (χ4n) is 2.66. The molecule has 0 aliphatic rings. The van der Waals surface area contributed by atoms with Gasteiger partial charge in [0.15, 0.2) is 0 Å². The third kappa shape index (κ3) is 5.49. The zero-order valence-electron chi connectivity index (χ0n) is 15.3. The highest BCUT2D eigenvalue weighted by Crippen LogP contribution is 2.24. The Labute approximate surface area is 188 Å². The van der Waals surface area contributed by atoms with Crippen molar-refractivity contribution in [3.63, 3.8) is 0 Å². The van der Waals surface area contributed by atoms with E-state index in [-0.39, 0.29) is 18.0 Å². The Morgan fingerprint density at radius 3 is 2.21 bits per heavy atom. The van der Waals surface area contributed by atoms with Gasteiger partial charge >= 0.3 is 0 Å². The molecule has 0 spiro atoms. The molecule has 3 aromatic rings. The number of sulfonamides is 1. The quantitative estimate of drug-likeness (QED) is 0.450. The van der Waals surface area contributed by atoms with Crippen molar-refractivity contribution in [1.82, 2.24) is 5.32 Å². The first kappa shape index (κ1) is 21.6. The molecule has 0 atom stereocenters. The van der Waals surface area contributed by atoms with Crippen molar-refractivity contribution in [2.45, 2.75) is 11.4 Å². The third-order valence-corrected chi connectivity index (χ3v) is 7.04. The number of hydrogen-bond donors (Lipinski definition) is 1. The van der Waals surface area contributed by atoms with Gasteiger partial charge in [-0.25, -0.2) is 8.42 Å². The first-order valence-electron chi connectivity index (χ1n) is 8.71. The van der Waals surface area contributed by atoms with Crippen LogP contribution in [0, 0.1) is 3.57 Å². The first-order chi connectivity index (χ1) is 13.9. The monoisotopic (exact) mass is 540 g/mol. The average Bonchev–Trinajstić information content (AvgIpc) is 2.73. The molecule has 0 aliphatic carbocycles. The molecule has 150 valence electrons. The normalized spacial score (nSPS) is 11.1. The van der Waals surface area contributed by atoms with Crippen LogP contribution in [0.4, 0.5) is 5.69 Å². The van der Waals surface area contributed by atoms with Gasteiger partial charge in [-0.05, 0) is 70.6 Å². The molecule has 0 unspecified atom stereocenters. The van der Waals surface area contributed by atoms with Crippen LogP contribution in [0.3, 0.4) is 0 Å². The van der Waals surface area contributed by atoms with Crippen LogP contribution in [-0.2, 0) is 21.4 Å². The molecule has 8 heteroatoms. The van der Waals surface area contributed by atoms with E-state index in [4.69, 9.17) is 11.6 Å². The van der Waals surface area contributed by atoms with Crippen LogP contribution in [0.2, 0.25) is 5.02 Å². The Morgan fingerprint density at radius 2 is 1.55 bits per heavy atom. The molecule has 0 saturated carbocycles. The number of carbonyl (C=O) groups is 1. The highest BCUT2D eigenvalue weighted by atomic mass is 127. The molecule has 29 heavy (non-hydrogen) atoms. The zero-order chi connectivity index (χ0) is 20.9. The fraction of sp³-hybridized carbons (Fsp3) is 0.0952. The van der Waals surface area contributed by atoms with Crippen LogP contribution in [0.1, 0.15) is 5.56 Å². The van der Waals surface area contributed by atoms with Crippen molar-refractivity contribution in [3.05, 3.63) is 93.0 Å². The van der Waals surface area contributed by atoms with E-state index in [2.05, 4.69) is 27.9 Å². The lowest BCUT2D eigenvalue weighted by molar-refractivity contribution is -0.119. The van der Waals surface area contributed by atoms with Crippen molar-refractivity contribution in [2.75, 3.05) is 10.8 Å². The Balaban J connectivity index is 1.84. The number of benzene rings is 3. The van der Waals surface area contributed by atoms with Crippen LogP contribution in [0.25, 0.3) is 0 Å². The van der Waals surface area contributed by atoms with Gasteiger partial charge in [0.05, 0.1) is 10.6 Å². The molecule has 0 heterocycles. The molecule has 5 nitrogen and oxygen atoms in total. The topological polar surface area (TPSA) is 66.5 Å². The van der Waals surface area contributed by atoms with Gasteiger partial charge in [-0.2, -0.15) is 0 Å². The number of carbonyl (C=O) groups excluding carboxylic acids is 1. The van der Waals surface area contributed by atoms with E-state index in [1.54, 1.807) is 60.7 Å². The largest absolute Gasteiger partial charge is 0.350 e. The summed E-state index contributed by atoms with van der Waals surface area (Å²) in [6.45, 7) is -0.132. The summed E-state index contributed by atoms with van der Waals surface area (Å²) in [7, 11) is -3.91. The zero-order valence-corrected chi connectivity index (χ0v) is 19.0. The summed E-state index contributed by atoms with van der Waals surface area (Å²) in [5.41, 5.74) is 1.18. The molecule has 3 aromatic carbocycles. The molecule has 0 aliphatic heterocycles. The molecule has 0 bridgehead atoms. The Morgan fingerprint density at radius 1 is 0.931 bits per heavy atom. The lowest BCUT2D eigenvalue weighted by atomic mass is 10.2. The maximum absolute atomic E-state index is 13.2. The van der Waals surface area contributed by atoms with Gasteiger partial charge in [0.25, 0.3) is 10.0 Å². The number of hydrogen-bond acceptors (Lipinski definition) is 3. The molecular formula is C21H18ClIN2O3S. The maximum atomic E-state index is 13.2. The van der Waals surface area contributed by atoms with E-state index in [1.165, 1.54) is 12.1 Å². The molecule has 1 amide bonds. The van der Waals surface area contributed by atoms with Gasteiger partial charge in [-0.15, -0.1) is 0 Å². The van der Waals surface area contributed by atoms with Crippen LogP contribution in [-0.4, -0.2) is 20.9 Å². The lowest BCUT2D eigenvalue weighted by Crippen LogP contribution is -2.40. The second-order valence-corrected chi connectivity index (χ2v) is 9.68. The summed E-state index contributed by atoms with van der Waals surface area (Å²) in [6.07, 6.45) is 0. The number of nitrogens with one attached hydrogen (secondary N) is 1. The summed E-state index contributed by atoms with van der Waals surface area (Å²) >= 11 is 8.26. The highest BCUT2D eigenvalue weighted by molar-refractivity contribution is 14.1. The molecule has 0 fully saturated rings. The second-order valence-electron chi connectivity index (χ2n) is 6.17. The molecule has 0 saturated heterocycles. The van der Waals surface area contributed by atoms with Crippen LogP contribution in [0.5, 0.6) is 0 Å². The number of amides is 1. The van der Waals surface area contributed by atoms with E-state index in [1.807, 2.05) is 6.07 Å². The minimum Gasteiger partial charge on any atom is -0.350 e. The predicted molar refractivity (Wildman–Crippen MR) is 123 cm³/mol. The minimum absolute atomic E-state index is 0.123. The standard InChI is InChI=1S/C21H18ClIN2O3S/c22-20-9-5-4-6-16(20)14-24-21(26)15-25(18-12-10-17(23)11-13-18)29(27,28)19-7-2-1-3-8-19/h1-13H,14-15H2,(H,24,26). The van der Waals surface area contributed by atoms with E-state index < -0.39 is 15.9 Å². The minimum atomic E-state index is -3.91. The summed E-state index contributed by atoms with van der Waals surface area (Å²) in [5, 5.41) is 3.28. The van der Waals surface area contributed by atoms with Crippen LogP contribution < -0.4 is 9.62 Å². The molecular weight excluding hydrogens is 523 g/mol. The summed E-state index contributed by atoms with van der Waals surface area (Å²) in [4.78, 5) is 12.7. The summed E-state index contributed by atoms with van der Waals surface area (Å²) < 4.78 is 28.5. The SMILES string of the molecule is O=C(CN(c1ccc(I)cc1)S(=O)(=O)c1ccccc1)NCc1ccccc1Cl. The molecule has 3 rings (SSSR count). The van der Waals surface area contributed by atoms with E-state index in [9.17, 15) is 13.2 Å². The van der Waals surface area contributed by atoms with Crippen molar-refractivity contribution in [3.8, 4) is 0 Å². The average molecular weight is 541 g/mol. The first-order valence-corrected chi connectivity index (χ1v) is 11.6. The maximum Gasteiger partial charge on any atom is 0.264 e. The molecule has 1 N–H and O–H groups in total. The van der Waals surface area contributed by atoms with Crippen molar-refractivity contribution in [2.24, 2.45) is 0 Å². The van der Waals surface area contributed by atoms with Gasteiger partial charge in [0.2, 0.25) is 5.91 Å². The summed E-state index contributed by atoms with van der Waals surface area (Å²) in [6, 6.07) is 22.2. The Kier molecular flexibility index (Phi) is 7.15. The lowest BCUT2D eigenvalue weighted by Gasteiger charge is -2.24. The number of halogens is 2. The van der Waals surface area contributed by atoms with Gasteiger partial charge in [-0.1, -0.05) is 48.0 Å². The Bertz CT molecular complexity index is 1090. The number of anilines is 1. The highest BCUT2D eigenvalue weighted by Gasteiger charge is 2.27. The van der Waals surface area contributed by atoms with Gasteiger partial charge in [-0.3, -0.25) is 9.10 Å². The van der Waals surface area contributed by atoms with Crippen molar-refractivity contribution >= 4 is 55.8 Å². The third-order valence-electron chi connectivity index (χ3n) is 4.17. The fourth-order valence-corrected chi connectivity index (χ4v) is 4.67.